The van der Waals surface area contributed by atoms with E-state index in [-0.39, 0.29) is 29.1 Å². The van der Waals surface area contributed by atoms with Crippen molar-refractivity contribution in [1.29, 1.82) is 0 Å². The standard InChI is InChI=1S/C30H35F6NO4/c1-19(22-13-23(29(31,32)33)15-24(14-22)30(34,35)36)41-27-26(20-5-3-2-4-6-20)21(7-12-39-27)17-37-10-8-28(9-11-37)16-25(38)18-40-28/h2-6,13-15,19,21,25-27,38H,7-12,16-18H2,1H3/t19-,21?,25?,26-,27-/m1/s1. The molecule has 2 aromatic carbocycles. The molecule has 2 aromatic rings. The zero-order valence-electron chi connectivity index (χ0n) is 22.8. The second kappa shape index (κ2) is 11.8. The Morgan fingerprint density at radius 1 is 1.00 bits per heavy atom. The highest BCUT2D eigenvalue weighted by molar-refractivity contribution is 5.35. The molecule has 0 amide bonds. The number of hydrogen-bond acceptors (Lipinski definition) is 5. The quantitative estimate of drug-likeness (QED) is 0.388. The van der Waals surface area contributed by atoms with E-state index in [1.165, 1.54) is 6.92 Å². The smallest absolute Gasteiger partial charge is 0.391 e. The number of alkyl halides is 6. The SMILES string of the molecule is C[C@@H](O[C@H]1OCCC(CN2CCC3(CC2)CC(O)CO3)[C@H]1c1ccccc1)c1cc(C(F)(F)F)cc(C(F)(F)F)c1. The lowest BCUT2D eigenvalue weighted by atomic mass is 9.80. The van der Waals surface area contributed by atoms with Crippen LogP contribution in [0, 0.1) is 5.92 Å². The largest absolute Gasteiger partial charge is 0.416 e. The van der Waals surface area contributed by atoms with Crippen LogP contribution in [0.15, 0.2) is 48.5 Å². The molecule has 0 aromatic heterocycles. The lowest BCUT2D eigenvalue weighted by Gasteiger charge is -2.44. The van der Waals surface area contributed by atoms with E-state index < -0.39 is 42.0 Å². The van der Waals surface area contributed by atoms with E-state index in [9.17, 15) is 31.4 Å². The van der Waals surface area contributed by atoms with Crippen LogP contribution in [-0.4, -0.2) is 60.8 Å². The highest BCUT2D eigenvalue weighted by Crippen LogP contribution is 2.43. The van der Waals surface area contributed by atoms with Crippen LogP contribution in [-0.2, 0) is 26.6 Å². The van der Waals surface area contributed by atoms with E-state index in [1.54, 1.807) is 0 Å². The molecule has 5 nitrogen and oxygen atoms in total. The average Bonchev–Trinajstić information content (AvgIpc) is 3.29. The Kier molecular flexibility index (Phi) is 8.74. The van der Waals surface area contributed by atoms with Crippen molar-refractivity contribution in [3.05, 3.63) is 70.8 Å². The summed E-state index contributed by atoms with van der Waals surface area (Å²) in [5.41, 5.74) is -2.30. The zero-order chi connectivity index (χ0) is 29.4. The van der Waals surface area contributed by atoms with Gasteiger partial charge in [0.25, 0.3) is 0 Å². The molecule has 3 aliphatic heterocycles. The average molecular weight is 588 g/mol. The van der Waals surface area contributed by atoms with Gasteiger partial charge in [0.1, 0.15) is 0 Å². The van der Waals surface area contributed by atoms with Gasteiger partial charge in [-0.25, -0.2) is 0 Å². The maximum absolute atomic E-state index is 13.5. The van der Waals surface area contributed by atoms with Gasteiger partial charge in [-0.3, -0.25) is 0 Å². The summed E-state index contributed by atoms with van der Waals surface area (Å²) >= 11 is 0. The summed E-state index contributed by atoms with van der Waals surface area (Å²) in [7, 11) is 0. The Bertz CT molecular complexity index is 1130. The van der Waals surface area contributed by atoms with E-state index in [2.05, 4.69) is 4.90 Å². The molecular weight excluding hydrogens is 552 g/mol. The van der Waals surface area contributed by atoms with Crippen molar-refractivity contribution in [3.63, 3.8) is 0 Å². The molecule has 3 heterocycles. The predicted molar refractivity (Wildman–Crippen MR) is 138 cm³/mol. The molecule has 0 aliphatic carbocycles. The molecule has 0 saturated carbocycles. The van der Waals surface area contributed by atoms with Gasteiger partial charge in [-0.1, -0.05) is 30.3 Å². The lowest BCUT2D eigenvalue weighted by molar-refractivity contribution is -0.211. The molecule has 41 heavy (non-hydrogen) atoms. The van der Waals surface area contributed by atoms with Crippen molar-refractivity contribution >= 4 is 0 Å². The summed E-state index contributed by atoms with van der Waals surface area (Å²) in [6, 6.07) is 11.1. The number of aliphatic hydroxyl groups excluding tert-OH is 1. The van der Waals surface area contributed by atoms with Gasteiger partial charge in [0, 0.05) is 32.0 Å². The van der Waals surface area contributed by atoms with Crippen LogP contribution < -0.4 is 0 Å². The minimum Gasteiger partial charge on any atom is -0.391 e. The number of ether oxygens (including phenoxy) is 3. The van der Waals surface area contributed by atoms with E-state index in [4.69, 9.17) is 14.2 Å². The third-order valence-electron chi connectivity index (χ3n) is 8.62. The lowest BCUT2D eigenvalue weighted by Crippen LogP contribution is -2.48. The van der Waals surface area contributed by atoms with E-state index in [0.717, 1.165) is 44.5 Å². The molecule has 1 N–H and O–H groups in total. The maximum atomic E-state index is 13.5. The van der Waals surface area contributed by atoms with Crippen LogP contribution in [0.1, 0.15) is 66.9 Å². The second-order valence-corrected chi connectivity index (χ2v) is 11.5. The molecule has 3 aliphatic rings. The number of likely N-dealkylation sites (tertiary alicyclic amines) is 1. The van der Waals surface area contributed by atoms with Gasteiger partial charge < -0.3 is 24.2 Å². The van der Waals surface area contributed by atoms with Crippen molar-refractivity contribution < 1.29 is 45.7 Å². The van der Waals surface area contributed by atoms with Gasteiger partial charge in [0.2, 0.25) is 0 Å². The molecule has 5 atom stereocenters. The Balaban J connectivity index is 1.35. The third-order valence-corrected chi connectivity index (χ3v) is 8.62. The predicted octanol–water partition coefficient (Wildman–Crippen LogP) is 6.56. The van der Waals surface area contributed by atoms with Crippen molar-refractivity contribution in [3.8, 4) is 0 Å². The molecule has 1 spiro atoms. The minimum atomic E-state index is -4.94. The van der Waals surface area contributed by atoms with Crippen LogP contribution >= 0.6 is 0 Å². The van der Waals surface area contributed by atoms with Crippen molar-refractivity contribution in [2.75, 3.05) is 32.8 Å². The highest BCUT2D eigenvalue weighted by atomic mass is 19.4. The molecular formula is C30H35F6NO4. The fourth-order valence-corrected chi connectivity index (χ4v) is 6.41. The molecule has 226 valence electrons. The Hall–Kier alpha value is -2.18. The zero-order valence-corrected chi connectivity index (χ0v) is 22.8. The topological polar surface area (TPSA) is 51.2 Å². The Labute approximate surface area is 235 Å². The first-order chi connectivity index (χ1) is 19.3. The van der Waals surface area contributed by atoms with Gasteiger partial charge in [-0.15, -0.1) is 0 Å². The van der Waals surface area contributed by atoms with E-state index >= 15 is 0 Å². The van der Waals surface area contributed by atoms with Crippen LogP contribution in [0.25, 0.3) is 0 Å². The van der Waals surface area contributed by atoms with Crippen LogP contribution in [0.4, 0.5) is 26.3 Å². The van der Waals surface area contributed by atoms with Crippen molar-refractivity contribution in [2.24, 2.45) is 5.92 Å². The number of hydrogen-bond donors (Lipinski definition) is 1. The fraction of sp³-hybridized carbons (Fsp3) is 0.600. The number of rotatable bonds is 6. The number of benzene rings is 2. The Morgan fingerprint density at radius 2 is 1.63 bits per heavy atom. The van der Waals surface area contributed by atoms with E-state index in [1.807, 2.05) is 30.3 Å². The summed E-state index contributed by atoms with van der Waals surface area (Å²) in [5.74, 6) is -0.194. The van der Waals surface area contributed by atoms with Crippen molar-refractivity contribution in [1.82, 2.24) is 4.90 Å². The molecule has 5 rings (SSSR count). The number of nitrogens with zero attached hydrogens (tertiary/aromatic N) is 1. The van der Waals surface area contributed by atoms with Crippen LogP contribution in [0.2, 0.25) is 0 Å². The van der Waals surface area contributed by atoms with Crippen LogP contribution in [0.5, 0.6) is 0 Å². The second-order valence-electron chi connectivity index (χ2n) is 11.5. The van der Waals surface area contributed by atoms with Gasteiger partial charge in [0.15, 0.2) is 6.29 Å². The van der Waals surface area contributed by atoms with Gasteiger partial charge in [-0.2, -0.15) is 26.3 Å². The first-order valence-corrected chi connectivity index (χ1v) is 14.0. The molecule has 3 saturated heterocycles. The maximum Gasteiger partial charge on any atom is 0.416 e. The van der Waals surface area contributed by atoms with Gasteiger partial charge in [-0.05, 0) is 61.4 Å². The summed E-state index contributed by atoms with van der Waals surface area (Å²) in [5, 5.41) is 9.95. The fourth-order valence-electron chi connectivity index (χ4n) is 6.41. The monoisotopic (exact) mass is 587 g/mol. The van der Waals surface area contributed by atoms with Gasteiger partial charge >= 0.3 is 12.4 Å². The molecule has 2 unspecified atom stereocenters. The molecule has 3 fully saturated rings. The summed E-state index contributed by atoms with van der Waals surface area (Å²) in [4.78, 5) is 2.36. The molecule has 0 bridgehead atoms. The third kappa shape index (κ3) is 7.07. The minimum absolute atomic E-state index is 0.0831. The number of aliphatic hydroxyl groups is 1. The number of halogens is 6. The summed E-state index contributed by atoms with van der Waals surface area (Å²) < 4.78 is 98.9. The van der Waals surface area contributed by atoms with Crippen LogP contribution in [0.3, 0.4) is 0 Å². The van der Waals surface area contributed by atoms with E-state index in [0.29, 0.717) is 31.8 Å². The Morgan fingerprint density at radius 3 is 2.20 bits per heavy atom. The molecule has 0 radical (unpaired) electrons. The summed E-state index contributed by atoms with van der Waals surface area (Å²) in [6.45, 7) is 4.51. The number of piperidine rings is 1. The summed E-state index contributed by atoms with van der Waals surface area (Å²) in [6.07, 6.45) is -9.25. The first-order valence-electron chi connectivity index (χ1n) is 14.0. The molecule has 11 heteroatoms. The normalized spacial score (nSPS) is 28.2. The highest BCUT2D eigenvalue weighted by Gasteiger charge is 2.44. The first kappa shape index (κ1) is 30.3. The van der Waals surface area contributed by atoms with Gasteiger partial charge in [0.05, 0.1) is 42.1 Å². The van der Waals surface area contributed by atoms with Crippen molar-refractivity contribution in [2.45, 2.75) is 75.0 Å².